The van der Waals surface area contributed by atoms with Crippen molar-refractivity contribution in [3.05, 3.63) is 216 Å². The third-order valence-electron chi connectivity index (χ3n) is 12.8. The number of hydrogen-bond donors (Lipinski definition) is 0. The maximum Gasteiger partial charge on any atom is 0.0540 e. The molecule has 0 saturated heterocycles. The van der Waals surface area contributed by atoms with Crippen LogP contribution in [0, 0.1) is 0 Å². The van der Waals surface area contributed by atoms with Crippen LogP contribution in [-0.4, -0.2) is 4.57 Å². The van der Waals surface area contributed by atoms with E-state index in [0.29, 0.717) is 5.92 Å². The Morgan fingerprint density at radius 2 is 1.16 bits per heavy atom. The average molecular weight is 745 g/mol. The summed E-state index contributed by atoms with van der Waals surface area (Å²) in [6.45, 7) is 7.14. The molecule has 0 spiro atoms. The number of hydrogen-bond acceptors (Lipinski definition) is 1. The van der Waals surface area contributed by atoms with Gasteiger partial charge in [0.25, 0.3) is 0 Å². The molecule has 0 N–H and O–H groups in total. The Kier molecular flexibility index (Phi) is 7.91. The van der Waals surface area contributed by atoms with Crippen molar-refractivity contribution in [1.82, 2.24) is 4.57 Å². The summed E-state index contributed by atoms with van der Waals surface area (Å²) in [6.07, 6.45) is 3.45. The van der Waals surface area contributed by atoms with Crippen LogP contribution in [0.5, 0.6) is 0 Å². The molecule has 1 unspecified atom stereocenters. The third kappa shape index (κ3) is 5.32. The van der Waals surface area contributed by atoms with E-state index in [1.165, 1.54) is 88.8 Å². The molecule has 2 heteroatoms. The Hall–Kier alpha value is -6.90. The maximum absolute atomic E-state index is 2.49. The Bertz CT molecular complexity index is 3070. The van der Waals surface area contributed by atoms with Gasteiger partial charge in [-0.25, -0.2) is 0 Å². The normalized spacial score (nSPS) is 15.2. The number of para-hydroxylation sites is 2. The molecule has 1 atom stereocenters. The molecule has 0 radical (unpaired) electrons. The van der Waals surface area contributed by atoms with Gasteiger partial charge in [-0.15, -0.1) is 0 Å². The van der Waals surface area contributed by atoms with Crippen molar-refractivity contribution in [3.8, 4) is 27.9 Å². The lowest BCUT2D eigenvalue weighted by molar-refractivity contribution is 0.660. The van der Waals surface area contributed by atoms with Crippen molar-refractivity contribution in [2.24, 2.45) is 0 Å². The molecule has 9 aromatic rings. The summed E-state index contributed by atoms with van der Waals surface area (Å²) in [4.78, 5) is 2.49. The molecule has 0 aliphatic heterocycles. The SMILES string of the molecule is CC1CC(c2ccc(N(c3cccc(-c4ccccc4)c3)c3ccc4c(c3)C(C)(C)c3ccccc3-4)c3ccccc23)=Cc2c1n(-c1ccccc1)c1ccccc21. The van der Waals surface area contributed by atoms with Crippen LogP contribution in [0.3, 0.4) is 0 Å². The lowest BCUT2D eigenvalue weighted by atomic mass is 9.82. The first kappa shape index (κ1) is 34.4. The van der Waals surface area contributed by atoms with E-state index in [4.69, 9.17) is 0 Å². The van der Waals surface area contributed by atoms with Gasteiger partial charge in [-0.3, -0.25) is 0 Å². The zero-order chi connectivity index (χ0) is 39.0. The highest BCUT2D eigenvalue weighted by molar-refractivity contribution is 6.08. The third-order valence-corrected chi connectivity index (χ3v) is 12.8. The summed E-state index contributed by atoms with van der Waals surface area (Å²) >= 11 is 0. The van der Waals surface area contributed by atoms with Gasteiger partial charge in [0.05, 0.1) is 11.2 Å². The maximum atomic E-state index is 2.49. The van der Waals surface area contributed by atoms with Crippen molar-refractivity contribution in [2.45, 2.75) is 38.5 Å². The number of anilines is 3. The van der Waals surface area contributed by atoms with Crippen LogP contribution < -0.4 is 4.90 Å². The van der Waals surface area contributed by atoms with E-state index >= 15 is 0 Å². The zero-order valence-corrected chi connectivity index (χ0v) is 33.2. The molecule has 58 heavy (non-hydrogen) atoms. The van der Waals surface area contributed by atoms with Crippen LogP contribution >= 0.6 is 0 Å². The van der Waals surface area contributed by atoms with Crippen LogP contribution in [0.2, 0.25) is 0 Å². The Labute approximate surface area is 341 Å². The molecule has 0 fully saturated rings. The van der Waals surface area contributed by atoms with E-state index in [1.54, 1.807) is 0 Å². The Morgan fingerprint density at radius 1 is 0.517 bits per heavy atom. The van der Waals surface area contributed by atoms with Crippen molar-refractivity contribution < 1.29 is 0 Å². The predicted octanol–water partition coefficient (Wildman–Crippen LogP) is 15.3. The largest absolute Gasteiger partial charge is 0.313 e. The van der Waals surface area contributed by atoms with E-state index in [1.807, 2.05) is 0 Å². The standard InChI is InChI=1S/C56H44N2/c1-37-33-40(35-50-49-26-13-15-28-53(49)58(55(37)50)41-20-8-5-9-21-41)44-31-32-54(48-25-11-10-23-45(44)48)57(42-22-16-19-39(34-42)38-17-6-4-7-18-38)43-29-30-47-46-24-12-14-27-51(46)56(2,3)52(47)36-43/h4-32,34-37H,33H2,1-3H3. The molecule has 0 bridgehead atoms. The molecule has 1 heterocycles. The second-order valence-corrected chi connectivity index (χ2v) is 16.6. The molecule has 2 aliphatic carbocycles. The fourth-order valence-electron chi connectivity index (χ4n) is 10.1. The van der Waals surface area contributed by atoms with Crippen molar-refractivity contribution in [3.63, 3.8) is 0 Å². The van der Waals surface area contributed by atoms with Crippen LogP contribution in [0.25, 0.3) is 61.3 Å². The molecule has 11 rings (SSSR count). The highest BCUT2D eigenvalue weighted by Crippen LogP contribution is 2.52. The van der Waals surface area contributed by atoms with Gasteiger partial charge in [-0.1, -0.05) is 160 Å². The highest BCUT2D eigenvalue weighted by Gasteiger charge is 2.36. The van der Waals surface area contributed by atoms with Gasteiger partial charge < -0.3 is 9.47 Å². The molecular formula is C56H44N2. The second-order valence-electron chi connectivity index (χ2n) is 16.6. The zero-order valence-electron chi connectivity index (χ0n) is 33.2. The first-order valence-electron chi connectivity index (χ1n) is 20.6. The quantitative estimate of drug-likeness (QED) is 0.165. The Balaban J connectivity index is 1.10. The van der Waals surface area contributed by atoms with E-state index in [-0.39, 0.29) is 5.41 Å². The average Bonchev–Trinajstić information content (AvgIpc) is 3.73. The van der Waals surface area contributed by atoms with Gasteiger partial charge in [0.2, 0.25) is 0 Å². The first-order chi connectivity index (χ1) is 28.5. The minimum absolute atomic E-state index is 0.113. The Morgan fingerprint density at radius 3 is 1.98 bits per heavy atom. The molecule has 8 aromatic carbocycles. The molecule has 2 aliphatic rings. The lowest BCUT2D eigenvalue weighted by Crippen LogP contribution is -2.16. The van der Waals surface area contributed by atoms with Crippen LogP contribution in [0.1, 0.15) is 61.1 Å². The van der Waals surface area contributed by atoms with E-state index in [0.717, 1.165) is 17.8 Å². The molecule has 1 aromatic heterocycles. The van der Waals surface area contributed by atoms with Gasteiger partial charge in [0, 0.05) is 50.4 Å². The minimum Gasteiger partial charge on any atom is -0.313 e. The van der Waals surface area contributed by atoms with Crippen molar-refractivity contribution in [2.75, 3.05) is 4.90 Å². The first-order valence-corrected chi connectivity index (χ1v) is 20.6. The highest BCUT2D eigenvalue weighted by atomic mass is 15.1. The van der Waals surface area contributed by atoms with E-state index in [9.17, 15) is 0 Å². The smallest absolute Gasteiger partial charge is 0.0540 e. The number of aromatic nitrogens is 1. The van der Waals surface area contributed by atoms with Gasteiger partial charge in [0.1, 0.15) is 0 Å². The van der Waals surface area contributed by atoms with Gasteiger partial charge in [-0.2, -0.15) is 0 Å². The number of allylic oxidation sites excluding steroid dienone is 1. The fraction of sp³-hybridized carbons (Fsp3) is 0.107. The summed E-state index contributed by atoms with van der Waals surface area (Å²) in [5.74, 6) is 0.331. The topological polar surface area (TPSA) is 8.17 Å². The monoisotopic (exact) mass is 744 g/mol. The van der Waals surface area contributed by atoms with Crippen LogP contribution in [0.15, 0.2) is 188 Å². The number of fused-ring (bicyclic) bond motifs is 7. The van der Waals surface area contributed by atoms with Crippen molar-refractivity contribution in [1.29, 1.82) is 0 Å². The second kappa shape index (κ2) is 13.4. The van der Waals surface area contributed by atoms with Gasteiger partial charge in [0.15, 0.2) is 0 Å². The van der Waals surface area contributed by atoms with Gasteiger partial charge in [-0.05, 0) is 111 Å². The fourth-order valence-corrected chi connectivity index (χ4v) is 10.1. The van der Waals surface area contributed by atoms with E-state index < -0.39 is 0 Å². The number of rotatable bonds is 6. The molecule has 0 amide bonds. The summed E-state index contributed by atoms with van der Waals surface area (Å²) in [6, 6.07) is 69.3. The summed E-state index contributed by atoms with van der Waals surface area (Å²) in [5, 5.41) is 3.81. The molecular weight excluding hydrogens is 701 g/mol. The van der Waals surface area contributed by atoms with Crippen LogP contribution in [-0.2, 0) is 5.41 Å². The van der Waals surface area contributed by atoms with Crippen LogP contribution in [0.4, 0.5) is 17.1 Å². The van der Waals surface area contributed by atoms with E-state index in [2.05, 4.69) is 224 Å². The molecule has 2 nitrogen and oxygen atoms in total. The number of benzene rings is 8. The summed E-state index contributed by atoms with van der Waals surface area (Å²) < 4.78 is 2.49. The van der Waals surface area contributed by atoms with Crippen molar-refractivity contribution >= 4 is 50.4 Å². The van der Waals surface area contributed by atoms with Gasteiger partial charge >= 0.3 is 0 Å². The minimum atomic E-state index is -0.113. The molecule has 0 saturated carbocycles. The molecule has 278 valence electrons. The number of nitrogens with zero attached hydrogens (tertiary/aromatic N) is 2. The predicted molar refractivity (Wildman–Crippen MR) is 246 cm³/mol. The lowest BCUT2D eigenvalue weighted by Gasteiger charge is -2.30. The summed E-state index contributed by atoms with van der Waals surface area (Å²) in [5.41, 5.74) is 19.1. The summed E-state index contributed by atoms with van der Waals surface area (Å²) in [7, 11) is 0.